The van der Waals surface area contributed by atoms with Crippen LogP contribution in [0.3, 0.4) is 0 Å². The Morgan fingerprint density at radius 2 is 1.50 bits per heavy atom. The van der Waals surface area contributed by atoms with Gasteiger partial charge in [-0.15, -0.1) is 0 Å². The molecule has 0 amide bonds. The third kappa shape index (κ3) is 1.74. The Labute approximate surface area is 117 Å². The number of hydrogen-bond acceptors (Lipinski definition) is 3. The lowest BCUT2D eigenvalue weighted by molar-refractivity contribution is 0.356. The molecule has 0 heterocycles. The van der Waals surface area contributed by atoms with Crippen LogP contribution < -0.4 is 9.47 Å². The number of hydrogen-bond donors (Lipinski definition) is 0. The standard InChI is InChI=1S/C17H13NO2/c1-19-16-8-11-7-12(10-18)13-5-3-4-6-14(13)15(11)9-17(16)20-2/h3-9H,1-2H3. The maximum Gasteiger partial charge on any atom is 0.161 e. The van der Waals surface area contributed by atoms with E-state index < -0.39 is 0 Å². The molecule has 0 aromatic heterocycles. The van der Waals surface area contributed by atoms with Crippen LogP contribution in [0.25, 0.3) is 21.5 Å². The van der Waals surface area contributed by atoms with E-state index in [9.17, 15) is 5.26 Å². The first-order valence-corrected chi connectivity index (χ1v) is 6.26. The second kappa shape index (κ2) is 4.75. The zero-order valence-corrected chi connectivity index (χ0v) is 11.3. The molecule has 0 fully saturated rings. The van der Waals surface area contributed by atoms with Crippen molar-refractivity contribution in [1.29, 1.82) is 5.26 Å². The summed E-state index contributed by atoms with van der Waals surface area (Å²) in [4.78, 5) is 0. The first-order chi connectivity index (χ1) is 9.78. The van der Waals surface area contributed by atoms with E-state index in [2.05, 4.69) is 6.07 Å². The largest absolute Gasteiger partial charge is 0.493 e. The van der Waals surface area contributed by atoms with Gasteiger partial charge in [-0.3, -0.25) is 0 Å². The highest BCUT2D eigenvalue weighted by Crippen LogP contribution is 2.36. The molecule has 3 rings (SSSR count). The minimum atomic E-state index is 0.666. The molecule has 3 nitrogen and oxygen atoms in total. The Balaban J connectivity index is 2.50. The Morgan fingerprint density at radius 1 is 0.850 bits per heavy atom. The number of ether oxygens (including phenoxy) is 2. The van der Waals surface area contributed by atoms with E-state index in [0.29, 0.717) is 17.1 Å². The quantitative estimate of drug-likeness (QED) is 0.659. The van der Waals surface area contributed by atoms with Gasteiger partial charge in [0.15, 0.2) is 11.5 Å². The molecule has 0 radical (unpaired) electrons. The Morgan fingerprint density at radius 3 is 2.15 bits per heavy atom. The zero-order chi connectivity index (χ0) is 14.1. The number of rotatable bonds is 2. The topological polar surface area (TPSA) is 42.2 Å². The van der Waals surface area contributed by atoms with Crippen molar-refractivity contribution in [1.82, 2.24) is 0 Å². The van der Waals surface area contributed by atoms with Crippen LogP contribution >= 0.6 is 0 Å². The van der Waals surface area contributed by atoms with Gasteiger partial charge in [0.2, 0.25) is 0 Å². The van der Waals surface area contributed by atoms with Crippen molar-refractivity contribution < 1.29 is 9.47 Å². The molecule has 98 valence electrons. The Kier molecular flexibility index (Phi) is 2.92. The molecule has 0 spiro atoms. The molecule has 0 unspecified atom stereocenters. The second-order valence-electron chi connectivity index (χ2n) is 4.51. The van der Waals surface area contributed by atoms with Gasteiger partial charge in [-0.25, -0.2) is 0 Å². The average molecular weight is 263 g/mol. The fourth-order valence-corrected chi connectivity index (χ4v) is 2.53. The fourth-order valence-electron chi connectivity index (χ4n) is 2.53. The highest BCUT2D eigenvalue weighted by Gasteiger charge is 2.11. The molecule has 3 aromatic rings. The van der Waals surface area contributed by atoms with E-state index in [1.807, 2.05) is 42.5 Å². The van der Waals surface area contributed by atoms with E-state index in [-0.39, 0.29) is 0 Å². The van der Waals surface area contributed by atoms with E-state index in [1.165, 1.54) is 0 Å². The smallest absolute Gasteiger partial charge is 0.161 e. The SMILES string of the molecule is COc1cc2cc(C#N)c3ccccc3c2cc1OC. The van der Waals surface area contributed by atoms with Crippen LogP contribution in [0.4, 0.5) is 0 Å². The second-order valence-corrected chi connectivity index (χ2v) is 4.51. The number of benzene rings is 3. The summed E-state index contributed by atoms with van der Waals surface area (Å²) in [6.45, 7) is 0. The van der Waals surface area contributed by atoms with Gasteiger partial charge >= 0.3 is 0 Å². The predicted octanol–water partition coefficient (Wildman–Crippen LogP) is 3.88. The van der Waals surface area contributed by atoms with Crippen molar-refractivity contribution in [3.05, 3.63) is 48.0 Å². The molecular formula is C17H13NO2. The third-order valence-electron chi connectivity index (χ3n) is 3.48. The molecular weight excluding hydrogens is 250 g/mol. The van der Waals surface area contributed by atoms with Crippen LogP contribution in [0.5, 0.6) is 11.5 Å². The first-order valence-electron chi connectivity index (χ1n) is 6.26. The van der Waals surface area contributed by atoms with Crippen LogP contribution in [0.15, 0.2) is 42.5 Å². The van der Waals surface area contributed by atoms with E-state index in [0.717, 1.165) is 21.5 Å². The highest BCUT2D eigenvalue weighted by molar-refractivity contribution is 6.10. The number of nitrogens with zero attached hydrogens (tertiary/aromatic N) is 1. The number of nitriles is 1. The van der Waals surface area contributed by atoms with Crippen molar-refractivity contribution in [2.24, 2.45) is 0 Å². The van der Waals surface area contributed by atoms with E-state index in [1.54, 1.807) is 14.2 Å². The van der Waals surface area contributed by atoms with Crippen molar-refractivity contribution in [2.75, 3.05) is 14.2 Å². The zero-order valence-electron chi connectivity index (χ0n) is 11.3. The number of methoxy groups -OCH3 is 2. The molecule has 0 bridgehead atoms. The van der Waals surface area contributed by atoms with Gasteiger partial charge < -0.3 is 9.47 Å². The average Bonchev–Trinajstić information content (AvgIpc) is 2.52. The van der Waals surface area contributed by atoms with Gasteiger partial charge in [-0.1, -0.05) is 24.3 Å². The molecule has 20 heavy (non-hydrogen) atoms. The van der Waals surface area contributed by atoms with Crippen molar-refractivity contribution >= 4 is 21.5 Å². The van der Waals surface area contributed by atoms with Gasteiger partial charge in [0.05, 0.1) is 25.9 Å². The van der Waals surface area contributed by atoms with Crippen LogP contribution in [0, 0.1) is 11.3 Å². The lowest BCUT2D eigenvalue weighted by Gasteiger charge is -2.11. The summed E-state index contributed by atoms with van der Waals surface area (Å²) in [6, 6.07) is 15.9. The first kappa shape index (κ1) is 12.3. The Bertz CT molecular complexity index is 847. The van der Waals surface area contributed by atoms with Gasteiger partial charge in [-0.05, 0) is 34.4 Å². The molecule has 0 atom stereocenters. The summed E-state index contributed by atoms with van der Waals surface area (Å²) in [5.41, 5.74) is 0.667. The van der Waals surface area contributed by atoms with Crippen molar-refractivity contribution in [3.63, 3.8) is 0 Å². The summed E-state index contributed by atoms with van der Waals surface area (Å²) in [5, 5.41) is 13.3. The summed E-state index contributed by atoms with van der Waals surface area (Å²) in [7, 11) is 3.23. The highest BCUT2D eigenvalue weighted by atomic mass is 16.5. The fraction of sp³-hybridized carbons (Fsp3) is 0.118. The minimum absolute atomic E-state index is 0.666. The summed E-state index contributed by atoms with van der Waals surface area (Å²) in [5.74, 6) is 1.36. The molecule has 0 aliphatic heterocycles. The minimum Gasteiger partial charge on any atom is -0.493 e. The van der Waals surface area contributed by atoms with Gasteiger partial charge in [0, 0.05) is 5.39 Å². The molecule has 3 heteroatoms. The normalized spacial score (nSPS) is 10.4. The molecule has 0 N–H and O–H groups in total. The number of fused-ring (bicyclic) bond motifs is 3. The summed E-state index contributed by atoms with van der Waals surface area (Å²) < 4.78 is 10.7. The third-order valence-corrected chi connectivity index (χ3v) is 3.48. The van der Waals surface area contributed by atoms with Gasteiger partial charge in [0.25, 0.3) is 0 Å². The van der Waals surface area contributed by atoms with Crippen LogP contribution in [-0.2, 0) is 0 Å². The lowest BCUT2D eigenvalue weighted by atomic mass is 9.97. The maximum atomic E-state index is 9.32. The summed E-state index contributed by atoms with van der Waals surface area (Å²) in [6.07, 6.45) is 0. The lowest BCUT2D eigenvalue weighted by Crippen LogP contribution is -1.91. The van der Waals surface area contributed by atoms with Gasteiger partial charge in [-0.2, -0.15) is 5.26 Å². The van der Waals surface area contributed by atoms with E-state index in [4.69, 9.17) is 9.47 Å². The van der Waals surface area contributed by atoms with Crippen LogP contribution in [0.2, 0.25) is 0 Å². The van der Waals surface area contributed by atoms with E-state index >= 15 is 0 Å². The van der Waals surface area contributed by atoms with Crippen molar-refractivity contribution in [2.45, 2.75) is 0 Å². The molecule has 3 aromatic carbocycles. The summed E-state index contributed by atoms with van der Waals surface area (Å²) >= 11 is 0. The van der Waals surface area contributed by atoms with Crippen LogP contribution in [0.1, 0.15) is 5.56 Å². The van der Waals surface area contributed by atoms with Gasteiger partial charge in [0.1, 0.15) is 0 Å². The monoisotopic (exact) mass is 263 g/mol. The maximum absolute atomic E-state index is 9.32. The Hall–Kier alpha value is -2.73. The molecule has 0 aliphatic carbocycles. The molecule has 0 saturated carbocycles. The molecule has 0 aliphatic rings. The molecule has 0 saturated heterocycles. The van der Waals surface area contributed by atoms with Crippen molar-refractivity contribution in [3.8, 4) is 17.6 Å². The van der Waals surface area contributed by atoms with Crippen LogP contribution in [-0.4, -0.2) is 14.2 Å². The predicted molar refractivity (Wildman–Crippen MR) is 79.3 cm³/mol.